The molecule has 1 unspecified atom stereocenters. The molecule has 1 aromatic carbocycles. The Morgan fingerprint density at radius 3 is 2.61 bits per heavy atom. The van der Waals surface area contributed by atoms with Gasteiger partial charge >= 0.3 is 0 Å². The number of aliphatic hydroxyl groups is 1. The maximum atomic E-state index is 12.5. The summed E-state index contributed by atoms with van der Waals surface area (Å²) in [6, 6.07) is 7.63. The summed E-state index contributed by atoms with van der Waals surface area (Å²) in [5.74, 6) is -0.100. The molecule has 1 atom stereocenters. The highest BCUT2D eigenvalue weighted by atomic mass is 16.3. The third-order valence-corrected chi connectivity index (χ3v) is 4.21. The lowest BCUT2D eigenvalue weighted by Crippen LogP contribution is -2.40. The number of likely N-dealkylation sites (tertiary alicyclic amines) is 1. The highest BCUT2D eigenvalue weighted by molar-refractivity contribution is 5.94. The van der Waals surface area contributed by atoms with E-state index in [-0.39, 0.29) is 24.0 Å². The number of carbonyl (C=O) groups excluding carboxylic acids is 1. The van der Waals surface area contributed by atoms with Crippen LogP contribution in [0.15, 0.2) is 24.3 Å². The number of rotatable bonds is 6. The van der Waals surface area contributed by atoms with Crippen molar-refractivity contribution in [2.45, 2.75) is 52.6 Å². The van der Waals surface area contributed by atoms with E-state index in [2.05, 4.69) is 37.1 Å². The molecular weight excluding hydrogens is 288 g/mol. The number of amides is 1. The molecule has 0 bridgehead atoms. The van der Waals surface area contributed by atoms with E-state index in [0.717, 1.165) is 26.1 Å². The van der Waals surface area contributed by atoms with Gasteiger partial charge in [-0.1, -0.05) is 32.9 Å². The molecule has 1 saturated heterocycles. The Labute approximate surface area is 139 Å². The normalized spacial score (nSPS) is 17.2. The molecular formula is C19H30N2O2. The van der Waals surface area contributed by atoms with Gasteiger partial charge < -0.3 is 10.4 Å². The van der Waals surface area contributed by atoms with Gasteiger partial charge in [0.1, 0.15) is 0 Å². The minimum absolute atomic E-state index is 0.0313. The van der Waals surface area contributed by atoms with E-state index in [1.807, 2.05) is 18.2 Å². The van der Waals surface area contributed by atoms with Crippen LogP contribution in [0.1, 0.15) is 56.0 Å². The molecule has 0 spiro atoms. The second-order valence-electron chi connectivity index (χ2n) is 7.80. The molecule has 1 heterocycles. The molecule has 2 N–H and O–H groups in total. The van der Waals surface area contributed by atoms with E-state index in [0.29, 0.717) is 5.56 Å². The lowest BCUT2D eigenvalue weighted by molar-refractivity contribution is 0.0897. The van der Waals surface area contributed by atoms with Crippen molar-refractivity contribution >= 4 is 5.91 Å². The lowest BCUT2D eigenvalue weighted by atomic mass is 9.88. The van der Waals surface area contributed by atoms with Crippen LogP contribution >= 0.6 is 0 Å². The van der Waals surface area contributed by atoms with E-state index in [1.54, 1.807) is 0 Å². The maximum Gasteiger partial charge on any atom is 0.251 e. The van der Waals surface area contributed by atoms with Gasteiger partial charge in [-0.05, 0) is 55.5 Å². The average molecular weight is 318 g/mol. The SMILES string of the molecule is CC(C)(C)CC(CO)NC(=O)c1cccc(CN2CCCC2)c1. The van der Waals surface area contributed by atoms with E-state index in [9.17, 15) is 9.90 Å². The summed E-state index contributed by atoms with van der Waals surface area (Å²) in [6.45, 7) is 9.50. The number of hydrogen-bond donors (Lipinski definition) is 2. The average Bonchev–Trinajstić information content (AvgIpc) is 2.98. The Hall–Kier alpha value is -1.39. The number of hydrogen-bond acceptors (Lipinski definition) is 3. The predicted molar refractivity (Wildman–Crippen MR) is 93.4 cm³/mol. The topological polar surface area (TPSA) is 52.6 Å². The first-order valence-electron chi connectivity index (χ1n) is 8.60. The Morgan fingerprint density at radius 1 is 1.30 bits per heavy atom. The Balaban J connectivity index is 1.98. The molecule has 2 rings (SSSR count). The van der Waals surface area contributed by atoms with Crippen molar-refractivity contribution in [3.63, 3.8) is 0 Å². The van der Waals surface area contributed by atoms with Crippen molar-refractivity contribution in [3.05, 3.63) is 35.4 Å². The van der Waals surface area contributed by atoms with Crippen molar-refractivity contribution < 1.29 is 9.90 Å². The molecule has 1 amide bonds. The van der Waals surface area contributed by atoms with E-state index in [4.69, 9.17) is 0 Å². The van der Waals surface area contributed by atoms with Gasteiger partial charge in [-0.25, -0.2) is 0 Å². The summed E-state index contributed by atoms with van der Waals surface area (Å²) >= 11 is 0. The fraction of sp³-hybridized carbons (Fsp3) is 0.632. The largest absolute Gasteiger partial charge is 0.394 e. The van der Waals surface area contributed by atoms with Crippen LogP contribution in [-0.2, 0) is 6.54 Å². The van der Waals surface area contributed by atoms with Crippen molar-refractivity contribution in [2.24, 2.45) is 5.41 Å². The number of nitrogens with zero attached hydrogens (tertiary/aromatic N) is 1. The summed E-state index contributed by atoms with van der Waals surface area (Å²) in [4.78, 5) is 14.9. The van der Waals surface area contributed by atoms with Gasteiger partial charge in [0.05, 0.1) is 12.6 Å². The second kappa shape index (κ2) is 7.93. The molecule has 128 valence electrons. The smallest absolute Gasteiger partial charge is 0.251 e. The van der Waals surface area contributed by atoms with Crippen LogP contribution in [-0.4, -0.2) is 41.7 Å². The Bertz CT molecular complexity index is 516. The third-order valence-electron chi connectivity index (χ3n) is 4.21. The molecule has 0 aromatic heterocycles. The van der Waals surface area contributed by atoms with Gasteiger partial charge in [0, 0.05) is 12.1 Å². The van der Waals surface area contributed by atoms with Crippen LogP contribution in [0.25, 0.3) is 0 Å². The zero-order valence-corrected chi connectivity index (χ0v) is 14.6. The molecule has 4 heteroatoms. The van der Waals surface area contributed by atoms with Crippen LogP contribution < -0.4 is 5.32 Å². The standard InChI is InChI=1S/C19H30N2O2/c1-19(2,3)12-17(14-22)20-18(23)16-8-6-7-15(11-16)13-21-9-4-5-10-21/h6-8,11,17,22H,4-5,9-10,12-14H2,1-3H3,(H,20,23). The minimum Gasteiger partial charge on any atom is -0.394 e. The van der Waals surface area contributed by atoms with Gasteiger partial charge in [-0.3, -0.25) is 9.69 Å². The molecule has 1 fully saturated rings. The third kappa shape index (κ3) is 5.96. The van der Waals surface area contributed by atoms with Crippen LogP contribution in [0.3, 0.4) is 0 Å². The summed E-state index contributed by atoms with van der Waals surface area (Å²) in [7, 11) is 0. The maximum absolute atomic E-state index is 12.5. The Morgan fingerprint density at radius 2 is 2.00 bits per heavy atom. The minimum atomic E-state index is -0.204. The number of aliphatic hydroxyl groups excluding tert-OH is 1. The van der Waals surface area contributed by atoms with Crippen molar-refractivity contribution in [1.82, 2.24) is 10.2 Å². The predicted octanol–water partition coefficient (Wildman–Crippen LogP) is 2.81. The van der Waals surface area contributed by atoms with Crippen molar-refractivity contribution in [3.8, 4) is 0 Å². The van der Waals surface area contributed by atoms with E-state index < -0.39 is 0 Å². The summed E-state index contributed by atoms with van der Waals surface area (Å²) in [6.07, 6.45) is 3.29. The van der Waals surface area contributed by atoms with E-state index in [1.165, 1.54) is 18.4 Å². The fourth-order valence-corrected chi connectivity index (χ4v) is 3.18. The number of benzene rings is 1. The molecule has 1 aliphatic heterocycles. The van der Waals surface area contributed by atoms with E-state index >= 15 is 0 Å². The summed E-state index contributed by atoms with van der Waals surface area (Å²) < 4.78 is 0. The monoisotopic (exact) mass is 318 g/mol. The lowest BCUT2D eigenvalue weighted by Gasteiger charge is -2.25. The molecule has 0 radical (unpaired) electrons. The highest BCUT2D eigenvalue weighted by Crippen LogP contribution is 2.21. The van der Waals surface area contributed by atoms with Crippen LogP contribution in [0.4, 0.5) is 0 Å². The first-order valence-corrected chi connectivity index (χ1v) is 8.60. The van der Waals surface area contributed by atoms with Gasteiger partial charge in [-0.2, -0.15) is 0 Å². The van der Waals surface area contributed by atoms with Crippen molar-refractivity contribution in [2.75, 3.05) is 19.7 Å². The van der Waals surface area contributed by atoms with Crippen LogP contribution in [0.2, 0.25) is 0 Å². The first-order chi connectivity index (χ1) is 10.9. The van der Waals surface area contributed by atoms with Gasteiger partial charge in [-0.15, -0.1) is 0 Å². The Kier molecular flexibility index (Phi) is 6.19. The molecule has 0 aliphatic carbocycles. The van der Waals surface area contributed by atoms with Gasteiger partial charge in [0.25, 0.3) is 5.91 Å². The molecule has 4 nitrogen and oxygen atoms in total. The summed E-state index contributed by atoms with van der Waals surface area (Å²) in [5, 5.41) is 12.5. The molecule has 1 aliphatic rings. The van der Waals surface area contributed by atoms with Gasteiger partial charge in [0.15, 0.2) is 0 Å². The van der Waals surface area contributed by atoms with Crippen LogP contribution in [0.5, 0.6) is 0 Å². The second-order valence-corrected chi connectivity index (χ2v) is 7.80. The number of carbonyl (C=O) groups is 1. The fourth-order valence-electron chi connectivity index (χ4n) is 3.18. The van der Waals surface area contributed by atoms with Crippen molar-refractivity contribution in [1.29, 1.82) is 0 Å². The highest BCUT2D eigenvalue weighted by Gasteiger charge is 2.20. The molecule has 0 saturated carbocycles. The van der Waals surface area contributed by atoms with Gasteiger partial charge in [0.2, 0.25) is 0 Å². The first kappa shape index (κ1) is 18.0. The quantitative estimate of drug-likeness (QED) is 0.848. The molecule has 23 heavy (non-hydrogen) atoms. The van der Waals surface area contributed by atoms with Crippen LogP contribution in [0, 0.1) is 5.41 Å². The molecule has 1 aromatic rings. The zero-order chi connectivity index (χ0) is 16.9. The number of nitrogens with one attached hydrogen (secondary N) is 1. The zero-order valence-electron chi connectivity index (χ0n) is 14.6. The summed E-state index contributed by atoms with van der Waals surface area (Å²) in [5.41, 5.74) is 1.92.